The molecule has 0 amide bonds. The van der Waals surface area contributed by atoms with Crippen LogP contribution in [0.4, 0.5) is 4.39 Å². The molecule has 0 bridgehead atoms. The minimum atomic E-state index is -0.250. The molecule has 34 heavy (non-hydrogen) atoms. The minimum Gasteiger partial charge on any atom is -0.483 e. The molecule has 0 atom stereocenters. The maximum absolute atomic E-state index is 13.9. The number of halogens is 1. The number of piperidine rings is 2. The van der Waals surface area contributed by atoms with E-state index in [9.17, 15) is 4.39 Å². The molecule has 4 rings (SSSR count). The maximum atomic E-state index is 13.9. The molecule has 2 aliphatic rings. The van der Waals surface area contributed by atoms with E-state index < -0.39 is 0 Å². The summed E-state index contributed by atoms with van der Waals surface area (Å²) < 4.78 is 19.2. The molecule has 8 nitrogen and oxygen atoms in total. The summed E-state index contributed by atoms with van der Waals surface area (Å²) in [5, 5.41) is 17.9. The highest BCUT2D eigenvalue weighted by molar-refractivity contribution is 5.33. The Kier molecular flexibility index (Phi) is 11.7. The maximum Gasteiger partial charge on any atom is 0.290 e. The van der Waals surface area contributed by atoms with Crippen molar-refractivity contribution in [2.75, 3.05) is 26.2 Å². The molecule has 0 saturated carbocycles. The standard InChI is InChI=1S/C23H32FN3O.2CH2O2/c1-17-22(18(2)28-25-17)16-27-13-9-20(10-14-27)19-7-11-26(12-8-19)15-21-5-3-4-6-23(21)24;2*2-1-3/h3-6,19-20H,7-16H2,1-2H3;2*1H,(H,2,3). The van der Waals surface area contributed by atoms with Crippen LogP contribution in [0.1, 0.15) is 48.3 Å². The lowest BCUT2D eigenvalue weighted by Gasteiger charge is -2.40. The number of benzene rings is 1. The molecule has 2 aromatic rings. The Hall–Kier alpha value is -2.78. The third-order valence-corrected chi connectivity index (χ3v) is 6.85. The van der Waals surface area contributed by atoms with E-state index in [-0.39, 0.29) is 18.8 Å². The first-order valence-electron chi connectivity index (χ1n) is 11.7. The van der Waals surface area contributed by atoms with Crippen molar-refractivity contribution in [3.8, 4) is 0 Å². The van der Waals surface area contributed by atoms with Gasteiger partial charge in [-0.2, -0.15) is 0 Å². The first-order chi connectivity index (χ1) is 16.4. The van der Waals surface area contributed by atoms with Gasteiger partial charge in [0, 0.05) is 24.2 Å². The second kappa shape index (κ2) is 14.5. The molecule has 1 aromatic carbocycles. The average Bonchev–Trinajstić information content (AvgIpc) is 3.15. The number of hydrogen-bond donors (Lipinski definition) is 2. The molecule has 2 aliphatic heterocycles. The van der Waals surface area contributed by atoms with Crippen molar-refractivity contribution in [3.63, 3.8) is 0 Å². The van der Waals surface area contributed by atoms with E-state index in [1.165, 1.54) is 44.3 Å². The summed E-state index contributed by atoms with van der Waals surface area (Å²) in [7, 11) is 0. The zero-order valence-electron chi connectivity index (χ0n) is 20.0. The second-order valence-electron chi connectivity index (χ2n) is 8.83. The van der Waals surface area contributed by atoms with Crippen molar-refractivity contribution in [3.05, 3.63) is 52.7 Å². The summed E-state index contributed by atoms with van der Waals surface area (Å²) in [6, 6.07) is 7.18. The highest BCUT2D eigenvalue weighted by Gasteiger charge is 2.30. The molecule has 9 heteroatoms. The van der Waals surface area contributed by atoms with E-state index in [1.807, 2.05) is 26.0 Å². The van der Waals surface area contributed by atoms with Crippen molar-refractivity contribution < 1.29 is 28.7 Å². The zero-order valence-corrected chi connectivity index (χ0v) is 20.0. The van der Waals surface area contributed by atoms with E-state index in [0.29, 0.717) is 0 Å². The highest BCUT2D eigenvalue weighted by Crippen LogP contribution is 2.33. The highest BCUT2D eigenvalue weighted by atomic mass is 19.1. The Morgan fingerprint density at radius 2 is 1.41 bits per heavy atom. The normalized spacial score (nSPS) is 17.7. The van der Waals surface area contributed by atoms with Gasteiger partial charge in [-0.3, -0.25) is 19.4 Å². The third-order valence-electron chi connectivity index (χ3n) is 6.85. The van der Waals surface area contributed by atoms with Gasteiger partial charge in [-0.25, -0.2) is 4.39 Å². The second-order valence-corrected chi connectivity index (χ2v) is 8.83. The number of carbonyl (C=O) groups is 2. The molecular weight excluding hydrogens is 441 g/mol. The van der Waals surface area contributed by atoms with Crippen molar-refractivity contribution >= 4 is 12.9 Å². The first-order valence-corrected chi connectivity index (χ1v) is 11.7. The summed E-state index contributed by atoms with van der Waals surface area (Å²) in [6.07, 6.45) is 5.09. The lowest BCUT2D eigenvalue weighted by atomic mass is 9.78. The monoisotopic (exact) mass is 477 g/mol. The van der Waals surface area contributed by atoms with E-state index in [2.05, 4.69) is 15.0 Å². The number of rotatable bonds is 5. The SMILES string of the molecule is Cc1noc(C)c1CN1CCC(C2CCN(Cc3ccccc3F)CC2)CC1.O=CO.O=CO. The fourth-order valence-corrected chi connectivity index (χ4v) is 4.98. The number of likely N-dealkylation sites (tertiary alicyclic amines) is 2. The van der Waals surface area contributed by atoms with Crippen LogP contribution >= 0.6 is 0 Å². The summed E-state index contributed by atoms with van der Waals surface area (Å²) in [5.74, 6) is 2.56. The predicted molar refractivity (Wildman–Crippen MR) is 126 cm³/mol. The molecule has 0 unspecified atom stereocenters. The van der Waals surface area contributed by atoms with Crippen molar-refractivity contribution in [1.82, 2.24) is 15.0 Å². The Bertz CT molecular complexity index is 850. The summed E-state index contributed by atoms with van der Waals surface area (Å²) >= 11 is 0. The van der Waals surface area contributed by atoms with E-state index >= 15 is 0 Å². The van der Waals surface area contributed by atoms with Crippen LogP contribution in [0, 0.1) is 31.5 Å². The molecular formula is C25H36FN3O5. The van der Waals surface area contributed by atoms with Crippen LogP contribution in [0.25, 0.3) is 0 Å². The number of nitrogens with zero attached hydrogens (tertiary/aromatic N) is 3. The van der Waals surface area contributed by atoms with Crippen molar-refractivity contribution in [2.45, 2.75) is 52.6 Å². The minimum absolute atomic E-state index is 0.0738. The van der Waals surface area contributed by atoms with Crippen LogP contribution < -0.4 is 0 Å². The Morgan fingerprint density at radius 3 is 1.85 bits per heavy atom. The van der Waals surface area contributed by atoms with E-state index in [0.717, 1.165) is 55.0 Å². The quantitative estimate of drug-likeness (QED) is 0.624. The molecule has 2 fully saturated rings. The Labute approximate surface area is 200 Å². The summed E-state index contributed by atoms with van der Waals surface area (Å²) in [5.41, 5.74) is 3.12. The van der Waals surface area contributed by atoms with Crippen LogP contribution in [0.3, 0.4) is 0 Å². The van der Waals surface area contributed by atoms with Crippen LogP contribution in [0.2, 0.25) is 0 Å². The summed E-state index contributed by atoms with van der Waals surface area (Å²) in [6.45, 7) is 9.79. The van der Waals surface area contributed by atoms with Crippen LogP contribution in [0.5, 0.6) is 0 Å². The predicted octanol–water partition coefficient (Wildman–Crippen LogP) is 3.96. The Balaban J connectivity index is 0.000000618. The van der Waals surface area contributed by atoms with Gasteiger partial charge < -0.3 is 14.7 Å². The molecule has 2 N–H and O–H groups in total. The van der Waals surface area contributed by atoms with Gasteiger partial charge in [0.05, 0.1) is 5.69 Å². The Morgan fingerprint density at radius 1 is 0.941 bits per heavy atom. The third kappa shape index (κ3) is 8.22. The van der Waals surface area contributed by atoms with E-state index in [4.69, 9.17) is 24.3 Å². The smallest absolute Gasteiger partial charge is 0.290 e. The number of aromatic nitrogens is 1. The van der Waals surface area contributed by atoms with Gasteiger partial charge in [-0.15, -0.1) is 0 Å². The zero-order chi connectivity index (χ0) is 24.9. The number of carboxylic acid groups (broad SMARTS) is 2. The van der Waals surface area contributed by atoms with Gasteiger partial charge in [0.25, 0.3) is 12.9 Å². The average molecular weight is 478 g/mol. The van der Waals surface area contributed by atoms with Gasteiger partial charge in [0.1, 0.15) is 11.6 Å². The summed E-state index contributed by atoms with van der Waals surface area (Å²) in [4.78, 5) is 21.7. The molecule has 188 valence electrons. The van der Waals surface area contributed by atoms with Gasteiger partial charge in [0.15, 0.2) is 0 Å². The fourth-order valence-electron chi connectivity index (χ4n) is 4.98. The van der Waals surface area contributed by atoms with Gasteiger partial charge in [-0.05, 0) is 83.6 Å². The molecule has 1 aromatic heterocycles. The molecule has 2 saturated heterocycles. The van der Waals surface area contributed by atoms with E-state index in [1.54, 1.807) is 12.1 Å². The van der Waals surface area contributed by atoms with Crippen molar-refractivity contribution in [2.24, 2.45) is 11.8 Å². The van der Waals surface area contributed by atoms with Gasteiger partial charge in [-0.1, -0.05) is 23.4 Å². The lowest BCUT2D eigenvalue weighted by molar-refractivity contribution is -0.123. The first kappa shape index (κ1) is 27.5. The van der Waals surface area contributed by atoms with Gasteiger partial charge in [0.2, 0.25) is 0 Å². The van der Waals surface area contributed by atoms with Crippen LogP contribution in [-0.2, 0) is 22.7 Å². The molecule has 3 heterocycles. The fraction of sp³-hybridized carbons (Fsp3) is 0.560. The topological polar surface area (TPSA) is 107 Å². The molecule has 0 aliphatic carbocycles. The van der Waals surface area contributed by atoms with Crippen LogP contribution in [0.15, 0.2) is 28.8 Å². The van der Waals surface area contributed by atoms with Crippen LogP contribution in [-0.4, -0.2) is 64.3 Å². The lowest BCUT2D eigenvalue weighted by Crippen LogP contribution is -2.40. The number of aryl methyl sites for hydroxylation is 2. The number of hydrogen-bond acceptors (Lipinski definition) is 6. The van der Waals surface area contributed by atoms with Crippen molar-refractivity contribution in [1.29, 1.82) is 0 Å². The largest absolute Gasteiger partial charge is 0.483 e. The van der Waals surface area contributed by atoms with Gasteiger partial charge >= 0.3 is 0 Å². The molecule has 0 spiro atoms. The molecule has 0 radical (unpaired) electrons.